The summed E-state index contributed by atoms with van der Waals surface area (Å²) in [5, 5.41) is 10.4. The van der Waals surface area contributed by atoms with Crippen LogP contribution in [-0.2, 0) is 13.0 Å². The minimum atomic E-state index is 0.573. The van der Waals surface area contributed by atoms with Crippen LogP contribution in [0.1, 0.15) is 11.5 Å². The molecule has 4 rings (SSSR count). The largest absolute Gasteiger partial charge is 0.467 e. The maximum Gasteiger partial charge on any atom is 0.191 e. The number of pyridine rings is 1. The van der Waals surface area contributed by atoms with E-state index in [9.17, 15) is 0 Å². The molecule has 1 aromatic carbocycles. The van der Waals surface area contributed by atoms with Gasteiger partial charge in [-0.15, -0.1) is 10.2 Å². The van der Waals surface area contributed by atoms with E-state index >= 15 is 0 Å². The van der Waals surface area contributed by atoms with Gasteiger partial charge in [-0.3, -0.25) is 9.55 Å². The average Bonchev–Trinajstić information content (AvgIpc) is 3.34. The first-order valence-electron chi connectivity index (χ1n) is 8.54. The smallest absolute Gasteiger partial charge is 0.191 e. The monoisotopic (exact) mass is 396 g/mol. The fraction of sp³-hybridized carbons (Fsp3) is 0.150. The maximum absolute atomic E-state index is 6.02. The average molecular weight is 397 g/mol. The molecular weight excluding hydrogens is 380 g/mol. The molecule has 3 aromatic heterocycles. The van der Waals surface area contributed by atoms with Gasteiger partial charge in [-0.05, 0) is 55.0 Å². The Morgan fingerprint density at radius 1 is 1.00 bits per heavy atom. The molecule has 27 heavy (non-hydrogen) atoms. The summed E-state index contributed by atoms with van der Waals surface area (Å²) in [5.74, 6) is 2.52. The lowest BCUT2D eigenvalue weighted by Crippen LogP contribution is -2.04. The highest BCUT2D eigenvalue weighted by Crippen LogP contribution is 2.26. The lowest BCUT2D eigenvalue weighted by molar-refractivity contribution is 0.485. The van der Waals surface area contributed by atoms with Crippen LogP contribution >= 0.6 is 23.4 Å². The summed E-state index contributed by atoms with van der Waals surface area (Å²) in [6, 6.07) is 17.4. The molecule has 0 bridgehead atoms. The maximum atomic E-state index is 6.02. The van der Waals surface area contributed by atoms with Crippen LogP contribution in [0.4, 0.5) is 0 Å². The Bertz CT molecular complexity index is 985. The van der Waals surface area contributed by atoms with E-state index in [4.69, 9.17) is 16.0 Å². The zero-order chi connectivity index (χ0) is 18.5. The Balaban J connectivity index is 1.57. The van der Waals surface area contributed by atoms with Gasteiger partial charge >= 0.3 is 0 Å². The first-order valence-corrected chi connectivity index (χ1v) is 9.90. The molecule has 0 atom stereocenters. The van der Waals surface area contributed by atoms with Gasteiger partial charge in [0.15, 0.2) is 11.0 Å². The summed E-state index contributed by atoms with van der Waals surface area (Å²) in [6.07, 6.45) is 4.36. The number of nitrogens with zero attached hydrogens (tertiary/aromatic N) is 4. The Hall–Kier alpha value is -2.57. The molecule has 3 heterocycles. The van der Waals surface area contributed by atoms with Crippen molar-refractivity contribution in [2.24, 2.45) is 0 Å². The van der Waals surface area contributed by atoms with E-state index in [-0.39, 0.29) is 0 Å². The highest BCUT2D eigenvalue weighted by molar-refractivity contribution is 7.99. The Morgan fingerprint density at radius 2 is 1.89 bits per heavy atom. The number of benzene rings is 1. The Morgan fingerprint density at radius 3 is 2.63 bits per heavy atom. The molecule has 0 aliphatic carbocycles. The molecule has 0 aliphatic heterocycles. The van der Waals surface area contributed by atoms with Gasteiger partial charge < -0.3 is 4.42 Å². The van der Waals surface area contributed by atoms with Gasteiger partial charge in [0.25, 0.3) is 0 Å². The highest BCUT2D eigenvalue weighted by Gasteiger charge is 2.16. The topological polar surface area (TPSA) is 56.7 Å². The molecule has 0 N–H and O–H groups in total. The van der Waals surface area contributed by atoms with E-state index in [1.54, 1.807) is 18.0 Å². The predicted octanol–water partition coefficient (Wildman–Crippen LogP) is 4.97. The summed E-state index contributed by atoms with van der Waals surface area (Å²) in [7, 11) is 0. The van der Waals surface area contributed by atoms with Crippen molar-refractivity contribution in [1.29, 1.82) is 0 Å². The second kappa shape index (κ2) is 8.41. The molecule has 0 radical (unpaired) electrons. The van der Waals surface area contributed by atoms with Crippen molar-refractivity contribution in [2.45, 2.75) is 18.1 Å². The van der Waals surface area contributed by atoms with E-state index in [1.165, 1.54) is 0 Å². The first-order chi connectivity index (χ1) is 13.3. The van der Waals surface area contributed by atoms with Crippen LogP contribution in [-0.4, -0.2) is 25.5 Å². The van der Waals surface area contributed by atoms with Crippen LogP contribution in [0.2, 0.25) is 5.02 Å². The van der Waals surface area contributed by atoms with Crippen LogP contribution in [0.15, 0.2) is 76.6 Å². The molecule has 4 aromatic rings. The van der Waals surface area contributed by atoms with Crippen LogP contribution in [0.3, 0.4) is 0 Å². The fourth-order valence-electron chi connectivity index (χ4n) is 2.70. The molecule has 0 fully saturated rings. The number of hydrogen-bond donors (Lipinski definition) is 0. The summed E-state index contributed by atoms with van der Waals surface area (Å²) in [4.78, 5) is 4.37. The molecule has 5 nitrogen and oxygen atoms in total. The molecule has 0 saturated heterocycles. The van der Waals surface area contributed by atoms with Gasteiger partial charge in [0.2, 0.25) is 0 Å². The normalized spacial score (nSPS) is 11.0. The number of hydrogen-bond acceptors (Lipinski definition) is 5. The molecule has 0 spiro atoms. The van der Waals surface area contributed by atoms with Crippen molar-refractivity contribution in [3.8, 4) is 11.4 Å². The van der Waals surface area contributed by atoms with Crippen LogP contribution in [0, 0.1) is 0 Å². The van der Waals surface area contributed by atoms with Gasteiger partial charge in [0, 0.05) is 28.2 Å². The van der Waals surface area contributed by atoms with Crippen molar-refractivity contribution in [3.05, 3.63) is 83.5 Å². The number of aryl methyl sites for hydroxylation is 1. The van der Waals surface area contributed by atoms with Crippen molar-refractivity contribution in [3.63, 3.8) is 0 Å². The third-order valence-electron chi connectivity index (χ3n) is 4.03. The van der Waals surface area contributed by atoms with Gasteiger partial charge in [-0.25, -0.2) is 0 Å². The molecule has 0 amide bonds. The van der Waals surface area contributed by atoms with Gasteiger partial charge in [0.1, 0.15) is 5.76 Å². The summed E-state index contributed by atoms with van der Waals surface area (Å²) >= 11 is 7.68. The molecular formula is C20H17ClN4OS. The van der Waals surface area contributed by atoms with E-state index in [2.05, 4.69) is 19.7 Å². The molecule has 7 heteroatoms. The lowest BCUT2D eigenvalue weighted by atomic mass is 10.2. The predicted molar refractivity (Wildman–Crippen MR) is 107 cm³/mol. The van der Waals surface area contributed by atoms with Crippen molar-refractivity contribution < 1.29 is 4.42 Å². The number of rotatable bonds is 7. The molecule has 0 aliphatic rings. The van der Waals surface area contributed by atoms with Crippen LogP contribution in [0.25, 0.3) is 11.4 Å². The van der Waals surface area contributed by atoms with Gasteiger partial charge in [0.05, 0.1) is 12.8 Å². The third kappa shape index (κ3) is 4.40. The molecule has 136 valence electrons. The number of halogens is 1. The minimum absolute atomic E-state index is 0.573. The standard InChI is InChI=1S/C20H17ClN4OS/c21-16-8-6-15(7-9-16)19-23-24-20(25(19)14-18-5-3-12-26-18)27-13-10-17-4-1-2-11-22-17/h1-9,11-12H,10,13-14H2. The molecule has 0 unspecified atom stereocenters. The number of aromatic nitrogens is 4. The zero-order valence-corrected chi connectivity index (χ0v) is 16.0. The Labute approximate surface area is 166 Å². The SMILES string of the molecule is Clc1ccc(-c2nnc(SCCc3ccccn3)n2Cc2ccco2)cc1. The number of furan rings is 1. The van der Waals surface area contributed by atoms with E-state index in [0.717, 1.165) is 40.2 Å². The van der Waals surface area contributed by atoms with Gasteiger partial charge in [-0.2, -0.15) is 0 Å². The van der Waals surface area contributed by atoms with E-state index in [1.807, 2.05) is 60.8 Å². The second-order valence-electron chi connectivity index (χ2n) is 5.90. The first kappa shape index (κ1) is 17.8. The quantitative estimate of drug-likeness (QED) is 0.413. The van der Waals surface area contributed by atoms with Crippen molar-refractivity contribution >= 4 is 23.4 Å². The van der Waals surface area contributed by atoms with Crippen LogP contribution < -0.4 is 0 Å². The molecule has 0 saturated carbocycles. The fourth-order valence-corrected chi connectivity index (χ4v) is 3.73. The van der Waals surface area contributed by atoms with E-state index < -0.39 is 0 Å². The van der Waals surface area contributed by atoms with Crippen LogP contribution in [0.5, 0.6) is 0 Å². The summed E-state index contributed by atoms with van der Waals surface area (Å²) in [6.45, 7) is 0.573. The van der Waals surface area contributed by atoms with Crippen molar-refractivity contribution in [2.75, 3.05) is 5.75 Å². The lowest BCUT2D eigenvalue weighted by Gasteiger charge is -2.09. The highest BCUT2D eigenvalue weighted by atomic mass is 35.5. The summed E-state index contributed by atoms with van der Waals surface area (Å²) < 4.78 is 7.60. The van der Waals surface area contributed by atoms with E-state index in [0.29, 0.717) is 11.6 Å². The minimum Gasteiger partial charge on any atom is -0.467 e. The second-order valence-corrected chi connectivity index (χ2v) is 7.40. The zero-order valence-electron chi connectivity index (χ0n) is 14.5. The third-order valence-corrected chi connectivity index (χ3v) is 5.25. The Kier molecular flexibility index (Phi) is 5.55. The summed E-state index contributed by atoms with van der Waals surface area (Å²) in [5.41, 5.74) is 2.04. The number of thioether (sulfide) groups is 1. The van der Waals surface area contributed by atoms with Gasteiger partial charge in [-0.1, -0.05) is 29.4 Å². The van der Waals surface area contributed by atoms with Crippen molar-refractivity contribution in [1.82, 2.24) is 19.7 Å².